The van der Waals surface area contributed by atoms with Gasteiger partial charge >= 0.3 is 6.18 Å². The molecule has 0 aliphatic heterocycles. The zero-order chi connectivity index (χ0) is 23.5. The summed E-state index contributed by atoms with van der Waals surface area (Å²) in [5.74, 6) is -0.355. The normalized spacial score (nSPS) is 11.6. The van der Waals surface area contributed by atoms with Crippen LogP contribution in [0.25, 0.3) is 11.3 Å². The first-order valence-corrected chi connectivity index (χ1v) is 10.1. The number of aromatic nitrogens is 5. The highest BCUT2D eigenvalue weighted by Gasteiger charge is 2.33. The summed E-state index contributed by atoms with van der Waals surface area (Å²) < 4.78 is 46.1. The van der Waals surface area contributed by atoms with Crippen LogP contribution in [0.3, 0.4) is 0 Å². The third-order valence-electron chi connectivity index (χ3n) is 5.03. The third kappa shape index (κ3) is 5.49. The Balaban J connectivity index is 1.68. The molecule has 0 N–H and O–H groups in total. The van der Waals surface area contributed by atoms with E-state index in [1.165, 1.54) is 6.07 Å². The molecular formula is C22H24F3N5O2. The van der Waals surface area contributed by atoms with Gasteiger partial charge in [-0.1, -0.05) is 0 Å². The molecule has 0 bridgehead atoms. The number of Topliss-reactive ketones (excluding diaryl/α,β-unsaturated/α-hetero) is 1. The van der Waals surface area contributed by atoms with Crippen molar-refractivity contribution in [2.45, 2.75) is 46.2 Å². The number of halogens is 3. The Morgan fingerprint density at radius 3 is 2.50 bits per heavy atom. The summed E-state index contributed by atoms with van der Waals surface area (Å²) in [5.41, 5.74) is 3.27. The fourth-order valence-corrected chi connectivity index (χ4v) is 3.27. The van der Waals surface area contributed by atoms with Crippen molar-refractivity contribution >= 4 is 5.78 Å². The molecule has 7 nitrogen and oxygen atoms in total. The second-order valence-corrected chi connectivity index (χ2v) is 7.48. The van der Waals surface area contributed by atoms with E-state index >= 15 is 0 Å². The van der Waals surface area contributed by atoms with Crippen molar-refractivity contribution in [1.82, 2.24) is 25.0 Å². The van der Waals surface area contributed by atoms with Crippen LogP contribution in [-0.4, -0.2) is 37.4 Å². The molecule has 3 aromatic heterocycles. The zero-order valence-electron chi connectivity index (χ0n) is 18.3. The van der Waals surface area contributed by atoms with E-state index in [0.29, 0.717) is 12.1 Å². The van der Waals surface area contributed by atoms with Crippen molar-refractivity contribution in [3.05, 3.63) is 52.6 Å². The molecule has 0 radical (unpaired) electrons. The number of alkyl halides is 3. The van der Waals surface area contributed by atoms with E-state index < -0.39 is 11.9 Å². The van der Waals surface area contributed by atoms with Gasteiger partial charge in [-0.15, -0.1) is 5.10 Å². The number of carbonyl (C=O) groups excluding carboxylic acids is 1. The van der Waals surface area contributed by atoms with Crippen LogP contribution in [0.1, 0.15) is 41.6 Å². The molecule has 3 heterocycles. The summed E-state index contributed by atoms with van der Waals surface area (Å²) in [6, 6.07) is 4.12. The monoisotopic (exact) mass is 447 g/mol. The van der Waals surface area contributed by atoms with E-state index in [1.54, 1.807) is 17.8 Å². The molecule has 3 aromatic rings. The van der Waals surface area contributed by atoms with Gasteiger partial charge in [0.25, 0.3) is 0 Å². The molecule has 0 aromatic carbocycles. The van der Waals surface area contributed by atoms with Crippen LogP contribution >= 0.6 is 0 Å². The van der Waals surface area contributed by atoms with Crippen molar-refractivity contribution < 1.29 is 22.7 Å². The highest BCUT2D eigenvalue weighted by Crippen LogP contribution is 2.30. The minimum Gasteiger partial charge on any atom is -0.478 e. The number of nitrogens with zero attached hydrogens (tertiary/aromatic N) is 5. The number of carbonyl (C=O) groups is 1. The van der Waals surface area contributed by atoms with E-state index in [2.05, 4.69) is 20.3 Å². The molecule has 0 spiro atoms. The summed E-state index contributed by atoms with van der Waals surface area (Å²) in [6.07, 6.45) is -2.56. The molecule has 10 heteroatoms. The van der Waals surface area contributed by atoms with Crippen LogP contribution in [-0.2, 0) is 30.9 Å². The van der Waals surface area contributed by atoms with Gasteiger partial charge in [0, 0.05) is 37.2 Å². The number of hydrogen-bond acceptors (Lipinski definition) is 6. The Hall–Kier alpha value is -3.30. The van der Waals surface area contributed by atoms with Crippen LogP contribution < -0.4 is 4.74 Å². The van der Waals surface area contributed by atoms with E-state index in [-0.39, 0.29) is 36.7 Å². The lowest BCUT2D eigenvalue weighted by atomic mass is 10.0. The van der Waals surface area contributed by atoms with Gasteiger partial charge in [0.2, 0.25) is 5.88 Å². The summed E-state index contributed by atoms with van der Waals surface area (Å²) >= 11 is 0. The molecule has 170 valence electrons. The van der Waals surface area contributed by atoms with Crippen molar-refractivity contribution in [2.24, 2.45) is 7.05 Å². The predicted molar refractivity (Wildman–Crippen MR) is 111 cm³/mol. The van der Waals surface area contributed by atoms with Crippen LogP contribution in [0.4, 0.5) is 13.2 Å². The number of ether oxygens (including phenoxy) is 1. The van der Waals surface area contributed by atoms with Gasteiger partial charge in [0.1, 0.15) is 11.5 Å². The second-order valence-electron chi connectivity index (χ2n) is 7.48. The van der Waals surface area contributed by atoms with Crippen LogP contribution in [0, 0.1) is 13.8 Å². The first kappa shape index (κ1) is 23.4. The molecular weight excluding hydrogens is 423 g/mol. The van der Waals surface area contributed by atoms with Crippen LogP contribution in [0.2, 0.25) is 0 Å². The number of aryl methyl sites for hydroxylation is 3. The summed E-state index contributed by atoms with van der Waals surface area (Å²) in [4.78, 5) is 15.9. The maximum absolute atomic E-state index is 13.1. The number of pyridine rings is 1. The Morgan fingerprint density at radius 1 is 1.16 bits per heavy atom. The Kier molecular flexibility index (Phi) is 6.90. The van der Waals surface area contributed by atoms with E-state index in [9.17, 15) is 18.0 Å². The smallest absolute Gasteiger partial charge is 0.433 e. The Bertz CT molecular complexity index is 1130. The molecule has 0 amide bonds. The highest BCUT2D eigenvalue weighted by atomic mass is 19.4. The first-order chi connectivity index (χ1) is 15.1. The van der Waals surface area contributed by atoms with Gasteiger partial charge < -0.3 is 4.74 Å². The van der Waals surface area contributed by atoms with Gasteiger partial charge in [-0.3, -0.25) is 9.48 Å². The standard InChI is InChI=1S/C22H24F3N5O2/c1-5-32-20-11-15(10-19(27-20)22(23,24)25)9-17(31)7-6-16-8-13(2)21(29-28-16)18-12-26-30(4)14(18)3/h8,10-12H,5-7,9H2,1-4H3. The molecule has 0 saturated carbocycles. The van der Waals surface area contributed by atoms with Gasteiger partial charge in [-0.05, 0) is 50.5 Å². The Labute approximate surface area is 183 Å². The SMILES string of the molecule is CCOc1cc(CC(=O)CCc2cc(C)c(-c3cnn(C)c3C)nn2)cc(C(F)(F)F)n1. The maximum Gasteiger partial charge on any atom is 0.433 e. The van der Waals surface area contributed by atoms with Crippen LogP contribution in [0.5, 0.6) is 5.88 Å². The molecule has 32 heavy (non-hydrogen) atoms. The van der Waals surface area contributed by atoms with Crippen molar-refractivity contribution in [3.8, 4) is 17.1 Å². The molecule has 0 aliphatic rings. The van der Waals surface area contributed by atoms with Crippen LogP contribution in [0.15, 0.2) is 24.4 Å². The van der Waals surface area contributed by atoms with Gasteiger partial charge in [0.15, 0.2) is 0 Å². The highest BCUT2D eigenvalue weighted by molar-refractivity contribution is 5.81. The molecule has 0 saturated heterocycles. The lowest BCUT2D eigenvalue weighted by molar-refractivity contribution is -0.141. The lowest BCUT2D eigenvalue weighted by Crippen LogP contribution is -2.12. The third-order valence-corrected chi connectivity index (χ3v) is 5.03. The number of ketones is 1. The topological polar surface area (TPSA) is 82.8 Å². The number of rotatable bonds is 8. The van der Waals surface area contributed by atoms with E-state index in [0.717, 1.165) is 28.6 Å². The summed E-state index contributed by atoms with van der Waals surface area (Å²) in [6.45, 7) is 5.67. The minimum atomic E-state index is -4.62. The van der Waals surface area contributed by atoms with E-state index in [4.69, 9.17) is 4.74 Å². The van der Waals surface area contributed by atoms with Gasteiger partial charge in [0.05, 0.1) is 24.2 Å². The fourth-order valence-electron chi connectivity index (χ4n) is 3.27. The van der Waals surface area contributed by atoms with E-state index in [1.807, 2.05) is 27.0 Å². The molecule has 0 aliphatic carbocycles. The second kappa shape index (κ2) is 9.46. The molecule has 0 fully saturated rings. The predicted octanol–water partition coefficient (Wildman–Crippen LogP) is 4.05. The fraction of sp³-hybridized carbons (Fsp3) is 0.409. The number of hydrogen-bond donors (Lipinski definition) is 0. The first-order valence-electron chi connectivity index (χ1n) is 10.1. The van der Waals surface area contributed by atoms with Gasteiger partial charge in [-0.2, -0.15) is 23.4 Å². The summed E-state index contributed by atoms with van der Waals surface area (Å²) in [5, 5.41) is 12.7. The minimum absolute atomic E-state index is 0.132. The largest absolute Gasteiger partial charge is 0.478 e. The van der Waals surface area contributed by atoms with Crippen molar-refractivity contribution in [1.29, 1.82) is 0 Å². The maximum atomic E-state index is 13.1. The average molecular weight is 447 g/mol. The molecule has 0 unspecified atom stereocenters. The van der Waals surface area contributed by atoms with Crippen molar-refractivity contribution in [2.75, 3.05) is 6.61 Å². The quantitative estimate of drug-likeness (QED) is 0.518. The lowest BCUT2D eigenvalue weighted by Gasteiger charge is -2.11. The zero-order valence-corrected chi connectivity index (χ0v) is 18.3. The van der Waals surface area contributed by atoms with Gasteiger partial charge in [-0.25, -0.2) is 4.98 Å². The molecule has 0 atom stereocenters. The summed E-state index contributed by atoms with van der Waals surface area (Å²) in [7, 11) is 1.85. The molecule has 3 rings (SSSR count). The average Bonchev–Trinajstić information content (AvgIpc) is 3.04. The van der Waals surface area contributed by atoms with Crippen molar-refractivity contribution in [3.63, 3.8) is 0 Å². The Morgan fingerprint density at radius 2 is 1.91 bits per heavy atom.